The van der Waals surface area contributed by atoms with Gasteiger partial charge in [-0.1, -0.05) is 38.1 Å². The molecule has 0 atom stereocenters. The van der Waals surface area contributed by atoms with E-state index in [2.05, 4.69) is 18.6 Å². The molecule has 0 N–H and O–H groups in total. The van der Waals surface area contributed by atoms with Gasteiger partial charge in [-0.3, -0.25) is 9.59 Å². The predicted molar refractivity (Wildman–Crippen MR) is 141 cm³/mol. The number of esters is 2. The number of carbonyl (C=O) groups is 4. The van der Waals surface area contributed by atoms with E-state index in [1.165, 1.54) is 12.1 Å². The molecule has 0 saturated heterocycles. The minimum atomic E-state index is -0.673. The summed E-state index contributed by atoms with van der Waals surface area (Å²) in [5.41, 5.74) is 3.11. The molecule has 0 spiro atoms. The van der Waals surface area contributed by atoms with Crippen molar-refractivity contribution in [3.05, 3.63) is 118 Å². The van der Waals surface area contributed by atoms with Gasteiger partial charge >= 0.3 is 11.9 Å². The van der Waals surface area contributed by atoms with E-state index < -0.39 is 11.9 Å². The molecule has 0 saturated carbocycles. The van der Waals surface area contributed by atoms with Crippen molar-refractivity contribution in [3.8, 4) is 23.0 Å². The Morgan fingerprint density at radius 3 is 1.54 bits per heavy atom. The maximum atomic E-state index is 12.0. The molecule has 0 amide bonds. The summed E-state index contributed by atoms with van der Waals surface area (Å²) < 4.78 is 16.5. The van der Waals surface area contributed by atoms with Crippen molar-refractivity contribution < 1.29 is 33.4 Å². The van der Waals surface area contributed by atoms with Crippen molar-refractivity contribution in [2.45, 2.75) is 25.7 Å². The van der Waals surface area contributed by atoms with Gasteiger partial charge in [-0.05, 0) is 71.8 Å². The van der Waals surface area contributed by atoms with Gasteiger partial charge in [-0.2, -0.15) is 0 Å². The molecule has 0 radical (unpaired) electrons. The monoisotopic (exact) mass is 518 g/mol. The summed E-state index contributed by atoms with van der Waals surface area (Å²) in [7, 11) is 0. The Kier molecular flexibility index (Phi) is 5.65. The SMILES string of the molecule is CC(C)(c1ccc(Oc2ccc3c(c2)C(=O)CC3=O)cc1)c1ccc(Oc2ccc3c(c2)C(=O)OC3=O)cc1. The molecule has 6 rings (SSSR count). The highest BCUT2D eigenvalue weighted by Crippen LogP contribution is 2.36. The van der Waals surface area contributed by atoms with E-state index in [1.807, 2.05) is 48.5 Å². The summed E-state index contributed by atoms with van der Waals surface area (Å²) in [6, 6.07) is 25.0. The number of cyclic esters (lactones) is 2. The molecule has 7 heteroatoms. The van der Waals surface area contributed by atoms with Crippen molar-refractivity contribution in [3.63, 3.8) is 0 Å². The Hall–Kier alpha value is -5.04. The van der Waals surface area contributed by atoms with E-state index in [4.69, 9.17) is 9.47 Å². The number of carbonyl (C=O) groups excluding carboxylic acids is 4. The normalized spacial score (nSPS) is 14.2. The lowest BCUT2D eigenvalue weighted by Gasteiger charge is -2.26. The molecule has 7 nitrogen and oxygen atoms in total. The molecule has 0 unspecified atom stereocenters. The smallest absolute Gasteiger partial charge is 0.347 e. The zero-order valence-corrected chi connectivity index (χ0v) is 21.1. The topological polar surface area (TPSA) is 96.0 Å². The fourth-order valence-electron chi connectivity index (χ4n) is 4.84. The highest BCUT2D eigenvalue weighted by atomic mass is 16.6. The van der Waals surface area contributed by atoms with Crippen LogP contribution in [0.15, 0.2) is 84.9 Å². The first-order chi connectivity index (χ1) is 18.7. The minimum Gasteiger partial charge on any atom is -0.457 e. The number of hydrogen-bond donors (Lipinski definition) is 0. The zero-order valence-electron chi connectivity index (χ0n) is 21.1. The lowest BCUT2D eigenvalue weighted by Crippen LogP contribution is -2.18. The Balaban J connectivity index is 1.15. The van der Waals surface area contributed by atoms with Crippen LogP contribution in [0.2, 0.25) is 0 Å². The third kappa shape index (κ3) is 4.38. The molecule has 1 aliphatic heterocycles. The largest absolute Gasteiger partial charge is 0.457 e. The van der Waals surface area contributed by atoms with E-state index in [0.29, 0.717) is 34.1 Å². The Labute approximate surface area is 223 Å². The van der Waals surface area contributed by atoms with Crippen molar-refractivity contribution in [2.75, 3.05) is 0 Å². The quantitative estimate of drug-likeness (QED) is 0.208. The molecule has 192 valence electrons. The summed E-state index contributed by atoms with van der Waals surface area (Å²) in [5, 5.41) is 0. The minimum absolute atomic E-state index is 0.0811. The third-order valence-electron chi connectivity index (χ3n) is 7.15. The third-order valence-corrected chi connectivity index (χ3v) is 7.15. The maximum absolute atomic E-state index is 12.0. The molecule has 0 aromatic heterocycles. The molecule has 1 aliphatic carbocycles. The van der Waals surface area contributed by atoms with Crippen molar-refractivity contribution in [1.82, 2.24) is 0 Å². The molecule has 4 aromatic rings. The zero-order chi connectivity index (χ0) is 27.3. The van der Waals surface area contributed by atoms with Gasteiger partial charge in [0, 0.05) is 16.5 Å². The van der Waals surface area contributed by atoms with Gasteiger partial charge in [0.05, 0.1) is 17.5 Å². The summed E-state index contributed by atoms with van der Waals surface area (Å²) >= 11 is 0. The van der Waals surface area contributed by atoms with Crippen LogP contribution in [0, 0.1) is 0 Å². The summed E-state index contributed by atoms with van der Waals surface area (Å²) in [4.78, 5) is 47.3. The molecule has 4 aromatic carbocycles. The summed E-state index contributed by atoms with van der Waals surface area (Å²) in [5.74, 6) is 0.495. The fourth-order valence-corrected chi connectivity index (χ4v) is 4.84. The average Bonchev–Trinajstić information content (AvgIpc) is 3.37. The summed E-state index contributed by atoms with van der Waals surface area (Å²) in [6.07, 6.45) is -0.0811. The van der Waals surface area contributed by atoms with Crippen molar-refractivity contribution >= 4 is 23.5 Å². The number of Topliss-reactive ketones (excluding diaryl/α,β-unsaturated/α-hetero) is 2. The molecule has 0 fully saturated rings. The average molecular weight is 519 g/mol. The number of ether oxygens (including phenoxy) is 3. The second-order valence-corrected chi connectivity index (χ2v) is 9.99. The molecular formula is C32H22O7. The highest BCUT2D eigenvalue weighted by molar-refractivity contribution is 6.24. The van der Waals surface area contributed by atoms with Crippen LogP contribution in [-0.2, 0) is 10.2 Å². The van der Waals surface area contributed by atoms with Crippen molar-refractivity contribution in [1.29, 1.82) is 0 Å². The summed E-state index contributed by atoms with van der Waals surface area (Å²) in [6.45, 7) is 4.23. The van der Waals surface area contributed by atoms with Gasteiger partial charge in [0.2, 0.25) is 0 Å². The number of ketones is 2. The Morgan fingerprint density at radius 2 is 0.974 bits per heavy atom. The van der Waals surface area contributed by atoms with E-state index in [-0.39, 0.29) is 34.5 Å². The number of fused-ring (bicyclic) bond motifs is 2. The number of rotatable bonds is 6. The highest BCUT2D eigenvalue weighted by Gasteiger charge is 2.30. The van der Waals surface area contributed by atoms with Gasteiger partial charge in [0.1, 0.15) is 23.0 Å². The lowest BCUT2D eigenvalue weighted by atomic mass is 9.78. The number of benzene rings is 4. The van der Waals surface area contributed by atoms with E-state index in [9.17, 15) is 19.2 Å². The van der Waals surface area contributed by atoms with Gasteiger partial charge in [0.25, 0.3) is 0 Å². The van der Waals surface area contributed by atoms with Crippen LogP contribution < -0.4 is 9.47 Å². The molecule has 1 heterocycles. The lowest BCUT2D eigenvalue weighted by molar-refractivity contribution is 0.0443. The number of hydrogen-bond acceptors (Lipinski definition) is 7. The van der Waals surface area contributed by atoms with Crippen LogP contribution in [0.5, 0.6) is 23.0 Å². The van der Waals surface area contributed by atoms with E-state index in [0.717, 1.165) is 11.1 Å². The first-order valence-electron chi connectivity index (χ1n) is 12.4. The second-order valence-electron chi connectivity index (χ2n) is 9.99. The van der Waals surface area contributed by atoms with Gasteiger partial charge < -0.3 is 14.2 Å². The Morgan fingerprint density at radius 1 is 0.538 bits per heavy atom. The van der Waals surface area contributed by atoms with Crippen LogP contribution in [0.1, 0.15) is 72.8 Å². The second kappa shape index (κ2) is 9.06. The van der Waals surface area contributed by atoms with Crippen LogP contribution in [0.3, 0.4) is 0 Å². The van der Waals surface area contributed by atoms with Crippen LogP contribution in [0.25, 0.3) is 0 Å². The fraction of sp³-hybridized carbons (Fsp3) is 0.125. The first-order valence-corrected chi connectivity index (χ1v) is 12.4. The first kappa shape index (κ1) is 24.3. The van der Waals surface area contributed by atoms with Gasteiger partial charge in [-0.15, -0.1) is 0 Å². The maximum Gasteiger partial charge on any atom is 0.347 e. The van der Waals surface area contributed by atoms with Crippen LogP contribution in [0.4, 0.5) is 0 Å². The Bertz CT molecular complexity index is 1550. The van der Waals surface area contributed by atoms with Crippen LogP contribution in [-0.4, -0.2) is 23.5 Å². The van der Waals surface area contributed by atoms with E-state index >= 15 is 0 Å². The van der Waals surface area contributed by atoms with Gasteiger partial charge in [0.15, 0.2) is 11.6 Å². The molecule has 39 heavy (non-hydrogen) atoms. The van der Waals surface area contributed by atoms with Crippen LogP contribution >= 0.6 is 0 Å². The van der Waals surface area contributed by atoms with Crippen molar-refractivity contribution in [2.24, 2.45) is 0 Å². The molecular weight excluding hydrogens is 496 g/mol. The standard InChI is InChI=1S/C32H22O7/c1-32(2,18-3-7-20(8-4-18)37-22-11-13-24-26(15-22)29(34)17-28(24)33)19-5-9-21(10-6-19)38-23-12-14-25-27(16-23)31(36)39-30(25)35/h3-16H,17H2,1-2H3. The van der Waals surface area contributed by atoms with E-state index in [1.54, 1.807) is 24.3 Å². The molecule has 0 bridgehead atoms. The predicted octanol–water partition coefficient (Wildman–Crippen LogP) is 6.68. The van der Waals surface area contributed by atoms with Gasteiger partial charge in [-0.25, -0.2) is 9.59 Å². The molecule has 2 aliphatic rings.